The number of unbranched alkanes of at least 4 members (excludes halogenated alkanes) is 10. The number of aromatic hydroxyl groups is 1. The van der Waals surface area contributed by atoms with Crippen molar-refractivity contribution in [1.82, 2.24) is 4.90 Å². The predicted octanol–water partition coefficient (Wildman–Crippen LogP) is 8.65. The SMILES string of the molecule is CC(C)=CCN1CCC2(C)c3cc(O)ccc3CC1C2C.CCCCCCCCCCCCCC(=O)O. The number of hydrogen-bond acceptors (Lipinski definition) is 3. The van der Waals surface area contributed by atoms with E-state index in [0.717, 1.165) is 32.4 Å². The van der Waals surface area contributed by atoms with Crippen LogP contribution in [0.1, 0.15) is 129 Å². The van der Waals surface area contributed by atoms with Crippen molar-refractivity contribution in [2.24, 2.45) is 5.92 Å². The van der Waals surface area contributed by atoms with Gasteiger partial charge in [-0.15, -0.1) is 0 Å². The first kappa shape index (κ1) is 31.4. The Labute approximate surface area is 227 Å². The van der Waals surface area contributed by atoms with Crippen molar-refractivity contribution in [3.05, 3.63) is 41.0 Å². The lowest BCUT2D eigenvalue weighted by atomic mass is 9.59. The third kappa shape index (κ3) is 10.1. The number of piperidine rings is 1. The zero-order valence-corrected chi connectivity index (χ0v) is 24.5. The minimum atomic E-state index is -0.657. The molecule has 3 unspecified atom stereocenters. The molecule has 2 aliphatic rings. The second-order valence-electron chi connectivity index (χ2n) is 12.0. The highest BCUT2D eigenvalue weighted by Gasteiger charge is 2.48. The number of phenolic OH excluding ortho intramolecular Hbond substituents is 1. The molecule has 1 saturated heterocycles. The van der Waals surface area contributed by atoms with E-state index in [4.69, 9.17) is 5.11 Å². The molecule has 1 fully saturated rings. The Balaban J connectivity index is 0.000000273. The molecular formula is C33H55NO3. The van der Waals surface area contributed by atoms with Crippen LogP contribution in [0.4, 0.5) is 0 Å². The topological polar surface area (TPSA) is 60.8 Å². The van der Waals surface area contributed by atoms with Gasteiger partial charge >= 0.3 is 5.97 Å². The van der Waals surface area contributed by atoms with Crippen LogP contribution in [0.2, 0.25) is 0 Å². The van der Waals surface area contributed by atoms with Crippen LogP contribution in [0.15, 0.2) is 29.8 Å². The van der Waals surface area contributed by atoms with Gasteiger partial charge in [-0.05, 0) is 74.2 Å². The fourth-order valence-electron chi connectivity index (χ4n) is 6.16. The Bertz CT molecular complexity index is 844. The molecule has 37 heavy (non-hydrogen) atoms. The summed E-state index contributed by atoms with van der Waals surface area (Å²) >= 11 is 0. The average Bonchev–Trinajstić information content (AvgIpc) is 2.85. The average molecular weight is 514 g/mol. The molecule has 1 aliphatic heterocycles. The normalized spacial score (nSPS) is 22.5. The van der Waals surface area contributed by atoms with Gasteiger partial charge in [0.15, 0.2) is 0 Å². The maximum atomic E-state index is 10.3. The maximum Gasteiger partial charge on any atom is 0.303 e. The molecule has 0 saturated carbocycles. The summed E-state index contributed by atoms with van der Waals surface area (Å²) in [5.74, 6) is 0.384. The summed E-state index contributed by atoms with van der Waals surface area (Å²) in [5.41, 5.74) is 4.42. The number of fused-ring (bicyclic) bond motifs is 4. The minimum Gasteiger partial charge on any atom is -0.508 e. The predicted molar refractivity (Wildman–Crippen MR) is 156 cm³/mol. The summed E-state index contributed by atoms with van der Waals surface area (Å²) in [4.78, 5) is 12.9. The van der Waals surface area contributed by atoms with E-state index in [1.54, 1.807) is 0 Å². The maximum absolute atomic E-state index is 10.3. The van der Waals surface area contributed by atoms with Crippen LogP contribution in [-0.4, -0.2) is 40.2 Å². The number of carbonyl (C=O) groups is 1. The van der Waals surface area contributed by atoms with Crippen LogP contribution >= 0.6 is 0 Å². The van der Waals surface area contributed by atoms with Crippen molar-refractivity contribution in [2.75, 3.05) is 13.1 Å². The van der Waals surface area contributed by atoms with Gasteiger partial charge in [0.2, 0.25) is 0 Å². The number of likely N-dealkylation sites (tertiary alicyclic amines) is 1. The van der Waals surface area contributed by atoms with Crippen molar-refractivity contribution in [3.63, 3.8) is 0 Å². The first-order chi connectivity index (χ1) is 17.7. The first-order valence-corrected chi connectivity index (χ1v) is 15.1. The van der Waals surface area contributed by atoms with E-state index in [1.165, 1.54) is 80.9 Å². The number of carboxylic acids is 1. The molecule has 3 atom stereocenters. The third-order valence-electron chi connectivity index (χ3n) is 8.84. The Kier molecular flexibility index (Phi) is 13.8. The standard InChI is InChI=1S/C19H27NO.C14H28O2/c1-13(2)7-9-20-10-8-19(4)14(3)18(20)11-15-5-6-16(21)12-17(15)19;1-2-3-4-5-6-7-8-9-10-11-12-13-14(15)16/h5-7,12,14,18,21H,8-11H2,1-4H3;2-13H2,1H3,(H,15,16). The van der Waals surface area contributed by atoms with Crippen LogP contribution < -0.4 is 0 Å². The van der Waals surface area contributed by atoms with Crippen LogP contribution in [-0.2, 0) is 16.6 Å². The molecule has 4 nitrogen and oxygen atoms in total. The van der Waals surface area contributed by atoms with Gasteiger partial charge in [0.25, 0.3) is 0 Å². The Morgan fingerprint density at radius 3 is 2.19 bits per heavy atom. The second-order valence-corrected chi connectivity index (χ2v) is 12.0. The monoisotopic (exact) mass is 513 g/mol. The highest BCUT2D eigenvalue weighted by Crippen LogP contribution is 2.49. The number of carboxylic acid groups (broad SMARTS) is 1. The van der Waals surface area contributed by atoms with E-state index in [2.05, 4.69) is 51.7 Å². The Hall–Kier alpha value is -1.81. The van der Waals surface area contributed by atoms with Crippen molar-refractivity contribution in [1.29, 1.82) is 0 Å². The fourth-order valence-corrected chi connectivity index (χ4v) is 6.16. The Morgan fingerprint density at radius 2 is 1.62 bits per heavy atom. The van der Waals surface area contributed by atoms with Crippen LogP contribution in [0, 0.1) is 5.92 Å². The molecule has 1 heterocycles. The van der Waals surface area contributed by atoms with Crippen LogP contribution in [0.25, 0.3) is 0 Å². The molecular weight excluding hydrogens is 458 g/mol. The number of allylic oxidation sites excluding steroid dienone is 1. The van der Waals surface area contributed by atoms with Crippen molar-refractivity contribution in [3.8, 4) is 5.75 Å². The van der Waals surface area contributed by atoms with Gasteiger partial charge in [-0.25, -0.2) is 0 Å². The molecule has 0 aromatic heterocycles. The summed E-state index contributed by atoms with van der Waals surface area (Å²) in [5, 5.41) is 18.3. The van der Waals surface area contributed by atoms with Gasteiger partial charge in [-0.1, -0.05) is 103 Å². The summed E-state index contributed by atoms with van der Waals surface area (Å²) in [7, 11) is 0. The number of aliphatic carboxylic acids is 1. The molecule has 3 rings (SSSR count). The molecule has 0 amide bonds. The molecule has 1 aromatic carbocycles. The van der Waals surface area contributed by atoms with E-state index >= 15 is 0 Å². The van der Waals surface area contributed by atoms with E-state index in [9.17, 15) is 9.90 Å². The molecule has 4 heteroatoms. The largest absolute Gasteiger partial charge is 0.508 e. The summed E-state index contributed by atoms with van der Waals surface area (Å²) < 4.78 is 0. The molecule has 0 radical (unpaired) electrons. The zero-order chi connectivity index (χ0) is 27.3. The highest BCUT2D eigenvalue weighted by molar-refractivity contribution is 5.66. The van der Waals surface area contributed by atoms with Gasteiger partial charge in [0.1, 0.15) is 5.75 Å². The number of hydrogen-bond donors (Lipinski definition) is 2. The minimum absolute atomic E-state index is 0.207. The highest BCUT2D eigenvalue weighted by atomic mass is 16.4. The Morgan fingerprint density at radius 1 is 1.03 bits per heavy atom. The molecule has 1 aliphatic carbocycles. The molecule has 210 valence electrons. The summed E-state index contributed by atoms with van der Waals surface area (Å²) in [6.45, 7) is 13.6. The fraction of sp³-hybridized carbons (Fsp3) is 0.727. The first-order valence-electron chi connectivity index (χ1n) is 15.1. The van der Waals surface area contributed by atoms with Gasteiger partial charge in [0, 0.05) is 19.0 Å². The molecule has 0 spiro atoms. The quantitative estimate of drug-likeness (QED) is 0.193. The molecule has 1 aromatic rings. The molecule has 2 N–H and O–H groups in total. The summed E-state index contributed by atoms with van der Waals surface area (Å²) in [6, 6.07) is 6.60. The lowest BCUT2D eigenvalue weighted by Crippen LogP contribution is -2.57. The van der Waals surface area contributed by atoms with E-state index in [1.807, 2.05) is 12.1 Å². The second kappa shape index (κ2) is 16.2. The van der Waals surface area contributed by atoms with Crippen molar-refractivity contribution >= 4 is 5.97 Å². The van der Waals surface area contributed by atoms with Crippen LogP contribution in [0.5, 0.6) is 5.75 Å². The third-order valence-corrected chi connectivity index (χ3v) is 8.84. The van der Waals surface area contributed by atoms with E-state index in [-0.39, 0.29) is 5.41 Å². The number of nitrogens with zero attached hydrogens (tertiary/aromatic N) is 1. The van der Waals surface area contributed by atoms with E-state index < -0.39 is 5.97 Å². The lowest BCUT2D eigenvalue weighted by molar-refractivity contribution is -0.137. The number of rotatable bonds is 14. The van der Waals surface area contributed by atoms with Gasteiger partial charge < -0.3 is 10.2 Å². The summed E-state index contributed by atoms with van der Waals surface area (Å²) in [6.07, 6.45) is 19.0. The number of phenols is 1. The van der Waals surface area contributed by atoms with Crippen molar-refractivity contribution in [2.45, 2.75) is 136 Å². The lowest BCUT2D eigenvalue weighted by Gasteiger charge is -2.54. The van der Waals surface area contributed by atoms with Gasteiger partial charge in [-0.2, -0.15) is 0 Å². The van der Waals surface area contributed by atoms with Crippen LogP contribution in [0.3, 0.4) is 0 Å². The smallest absolute Gasteiger partial charge is 0.303 e. The zero-order valence-electron chi connectivity index (χ0n) is 24.5. The molecule has 2 bridgehead atoms. The van der Waals surface area contributed by atoms with Gasteiger partial charge in [-0.3, -0.25) is 9.69 Å². The van der Waals surface area contributed by atoms with E-state index in [0.29, 0.717) is 24.1 Å². The number of benzene rings is 1. The van der Waals surface area contributed by atoms with Crippen molar-refractivity contribution < 1.29 is 15.0 Å². The van der Waals surface area contributed by atoms with Gasteiger partial charge in [0.05, 0.1) is 0 Å².